The van der Waals surface area contributed by atoms with Gasteiger partial charge in [-0.05, 0) is 17.7 Å². The number of amides is 1. The standard InChI is InChI=1S/C13H14BrNO3S/c1-18-12(17)6-7-15-11(16)8-19-13(15)9-2-4-10(14)5-3-9/h2-5,13H,6-8H2,1H3. The fourth-order valence-electron chi connectivity index (χ4n) is 1.91. The Bertz CT molecular complexity index is 477. The Balaban J connectivity index is 2.08. The highest BCUT2D eigenvalue weighted by molar-refractivity contribution is 9.10. The Hall–Kier alpha value is -1.01. The first-order valence-corrected chi connectivity index (χ1v) is 7.69. The lowest BCUT2D eigenvalue weighted by Gasteiger charge is -2.23. The molecule has 1 amide bonds. The molecule has 0 spiro atoms. The molecule has 2 rings (SSSR count). The molecule has 1 atom stereocenters. The van der Waals surface area contributed by atoms with Crippen LogP contribution in [0.4, 0.5) is 0 Å². The summed E-state index contributed by atoms with van der Waals surface area (Å²) in [5, 5.41) is -0.00902. The summed E-state index contributed by atoms with van der Waals surface area (Å²) >= 11 is 4.98. The molecule has 1 heterocycles. The van der Waals surface area contributed by atoms with E-state index in [4.69, 9.17) is 0 Å². The molecule has 0 saturated carbocycles. The van der Waals surface area contributed by atoms with Crippen molar-refractivity contribution in [3.05, 3.63) is 34.3 Å². The molecule has 1 aliphatic rings. The van der Waals surface area contributed by atoms with Crippen LogP contribution in [-0.2, 0) is 14.3 Å². The first-order chi connectivity index (χ1) is 9.11. The van der Waals surface area contributed by atoms with Crippen LogP contribution in [0.5, 0.6) is 0 Å². The number of nitrogens with zero attached hydrogens (tertiary/aromatic N) is 1. The van der Waals surface area contributed by atoms with Crippen LogP contribution in [0.2, 0.25) is 0 Å². The molecule has 0 aliphatic carbocycles. The van der Waals surface area contributed by atoms with Crippen LogP contribution >= 0.6 is 27.7 Å². The lowest BCUT2D eigenvalue weighted by Crippen LogP contribution is -2.30. The number of carbonyl (C=O) groups excluding carboxylic acids is 2. The average molecular weight is 344 g/mol. The van der Waals surface area contributed by atoms with Gasteiger partial charge in [-0.2, -0.15) is 0 Å². The summed E-state index contributed by atoms with van der Waals surface area (Å²) < 4.78 is 5.62. The second-order valence-corrected chi connectivity index (χ2v) is 6.11. The number of benzene rings is 1. The fraction of sp³-hybridized carbons (Fsp3) is 0.385. The van der Waals surface area contributed by atoms with Gasteiger partial charge in [-0.1, -0.05) is 28.1 Å². The number of hydrogen-bond donors (Lipinski definition) is 0. The predicted molar refractivity (Wildman–Crippen MR) is 77.7 cm³/mol. The molecule has 19 heavy (non-hydrogen) atoms. The van der Waals surface area contributed by atoms with E-state index >= 15 is 0 Å². The molecular weight excluding hydrogens is 330 g/mol. The van der Waals surface area contributed by atoms with E-state index in [1.807, 2.05) is 24.3 Å². The first-order valence-electron chi connectivity index (χ1n) is 5.85. The Labute approximate surface area is 124 Å². The molecule has 102 valence electrons. The maximum atomic E-state index is 11.9. The van der Waals surface area contributed by atoms with Crippen LogP contribution < -0.4 is 0 Å². The summed E-state index contributed by atoms with van der Waals surface area (Å²) in [5.74, 6) is 0.239. The largest absolute Gasteiger partial charge is 0.469 e. The lowest BCUT2D eigenvalue weighted by molar-refractivity contribution is -0.141. The Morgan fingerprint density at radius 1 is 1.47 bits per heavy atom. The molecule has 1 saturated heterocycles. The third kappa shape index (κ3) is 3.51. The molecular formula is C13H14BrNO3S. The number of hydrogen-bond acceptors (Lipinski definition) is 4. The molecule has 0 N–H and O–H groups in total. The molecule has 6 heteroatoms. The van der Waals surface area contributed by atoms with Crippen molar-refractivity contribution in [3.63, 3.8) is 0 Å². The molecule has 0 radical (unpaired) electrons. The first kappa shape index (κ1) is 14.4. The Kier molecular flexibility index (Phi) is 4.87. The number of halogens is 1. The summed E-state index contributed by atoms with van der Waals surface area (Å²) in [6.45, 7) is 0.402. The molecule has 0 bridgehead atoms. The quantitative estimate of drug-likeness (QED) is 0.788. The van der Waals surface area contributed by atoms with E-state index in [0.29, 0.717) is 12.3 Å². The zero-order chi connectivity index (χ0) is 13.8. The number of carbonyl (C=O) groups is 2. The van der Waals surface area contributed by atoms with Crippen molar-refractivity contribution < 1.29 is 14.3 Å². The third-order valence-electron chi connectivity index (χ3n) is 2.91. The SMILES string of the molecule is COC(=O)CCN1C(=O)CSC1c1ccc(Br)cc1. The fourth-order valence-corrected chi connectivity index (χ4v) is 3.40. The van der Waals surface area contributed by atoms with Crippen molar-refractivity contribution in [1.29, 1.82) is 0 Å². The van der Waals surface area contributed by atoms with Gasteiger partial charge in [0.05, 0.1) is 19.3 Å². The topological polar surface area (TPSA) is 46.6 Å². The number of esters is 1. The van der Waals surface area contributed by atoms with Crippen LogP contribution in [0.25, 0.3) is 0 Å². The normalized spacial score (nSPS) is 18.7. The second kappa shape index (κ2) is 6.43. The van der Waals surface area contributed by atoms with Crippen LogP contribution in [0, 0.1) is 0 Å². The predicted octanol–water partition coefficient (Wildman–Crippen LogP) is 2.59. The monoisotopic (exact) mass is 343 g/mol. The van der Waals surface area contributed by atoms with Gasteiger partial charge in [0.2, 0.25) is 5.91 Å². The van der Waals surface area contributed by atoms with E-state index in [1.54, 1.807) is 16.7 Å². The molecule has 1 aromatic carbocycles. The number of rotatable bonds is 4. The highest BCUT2D eigenvalue weighted by Crippen LogP contribution is 2.38. The van der Waals surface area contributed by atoms with Gasteiger partial charge in [0, 0.05) is 11.0 Å². The Morgan fingerprint density at radius 3 is 2.79 bits per heavy atom. The van der Waals surface area contributed by atoms with Crippen LogP contribution in [-0.4, -0.2) is 36.2 Å². The van der Waals surface area contributed by atoms with Gasteiger partial charge < -0.3 is 9.64 Å². The minimum absolute atomic E-state index is 0.00902. The summed E-state index contributed by atoms with van der Waals surface area (Å²) in [6, 6.07) is 7.89. The highest BCUT2D eigenvalue weighted by atomic mass is 79.9. The van der Waals surface area contributed by atoms with Crippen molar-refractivity contribution in [1.82, 2.24) is 4.90 Å². The summed E-state index contributed by atoms with van der Waals surface area (Å²) in [5.41, 5.74) is 1.07. The van der Waals surface area contributed by atoms with Gasteiger partial charge in [-0.15, -0.1) is 11.8 Å². The van der Waals surface area contributed by atoms with Crippen LogP contribution in [0.15, 0.2) is 28.7 Å². The van der Waals surface area contributed by atoms with Crippen molar-refractivity contribution >= 4 is 39.6 Å². The molecule has 1 aromatic rings. The second-order valence-electron chi connectivity index (χ2n) is 4.13. The maximum Gasteiger partial charge on any atom is 0.307 e. The van der Waals surface area contributed by atoms with Crippen molar-refractivity contribution in [2.45, 2.75) is 11.8 Å². The molecule has 4 nitrogen and oxygen atoms in total. The molecule has 1 aliphatic heterocycles. The minimum Gasteiger partial charge on any atom is -0.469 e. The van der Waals surface area contributed by atoms with Gasteiger partial charge in [-0.3, -0.25) is 9.59 Å². The number of ether oxygens (including phenoxy) is 1. The van der Waals surface area contributed by atoms with Crippen LogP contribution in [0.1, 0.15) is 17.4 Å². The lowest BCUT2D eigenvalue weighted by atomic mass is 10.2. The minimum atomic E-state index is -0.292. The summed E-state index contributed by atoms with van der Waals surface area (Å²) in [4.78, 5) is 24.8. The van der Waals surface area contributed by atoms with E-state index in [0.717, 1.165) is 10.0 Å². The smallest absolute Gasteiger partial charge is 0.307 e. The zero-order valence-corrected chi connectivity index (χ0v) is 12.9. The zero-order valence-electron chi connectivity index (χ0n) is 10.5. The van der Waals surface area contributed by atoms with Gasteiger partial charge >= 0.3 is 5.97 Å². The third-order valence-corrected chi connectivity index (χ3v) is 4.69. The van der Waals surface area contributed by atoms with E-state index < -0.39 is 0 Å². The maximum absolute atomic E-state index is 11.9. The van der Waals surface area contributed by atoms with Crippen molar-refractivity contribution in [2.75, 3.05) is 19.4 Å². The van der Waals surface area contributed by atoms with E-state index in [2.05, 4.69) is 20.7 Å². The van der Waals surface area contributed by atoms with Crippen molar-refractivity contribution in [3.8, 4) is 0 Å². The van der Waals surface area contributed by atoms with Gasteiger partial charge in [0.15, 0.2) is 0 Å². The molecule has 0 aromatic heterocycles. The van der Waals surface area contributed by atoms with Crippen LogP contribution in [0.3, 0.4) is 0 Å². The van der Waals surface area contributed by atoms with E-state index in [1.165, 1.54) is 7.11 Å². The average Bonchev–Trinajstić information content (AvgIpc) is 2.78. The highest BCUT2D eigenvalue weighted by Gasteiger charge is 2.32. The summed E-state index contributed by atoms with van der Waals surface area (Å²) in [6.07, 6.45) is 0.232. The Morgan fingerprint density at radius 2 is 2.16 bits per heavy atom. The van der Waals surface area contributed by atoms with Gasteiger partial charge in [-0.25, -0.2) is 0 Å². The number of thioether (sulfide) groups is 1. The van der Waals surface area contributed by atoms with Crippen molar-refractivity contribution in [2.24, 2.45) is 0 Å². The van der Waals surface area contributed by atoms with Gasteiger partial charge in [0.1, 0.15) is 5.37 Å². The number of methoxy groups -OCH3 is 1. The van der Waals surface area contributed by atoms with E-state index in [-0.39, 0.29) is 23.7 Å². The molecule has 1 unspecified atom stereocenters. The summed E-state index contributed by atoms with van der Waals surface area (Å²) in [7, 11) is 1.36. The van der Waals surface area contributed by atoms with Gasteiger partial charge in [0.25, 0.3) is 0 Å². The van der Waals surface area contributed by atoms with E-state index in [9.17, 15) is 9.59 Å². The molecule has 1 fully saturated rings.